The first-order chi connectivity index (χ1) is 12.2. The number of halogens is 3. The number of nitrogens with zero attached hydrogens (tertiary/aromatic N) is 1. The molecule has 0 aliphatic carbocycles. The van der Waals surface area contributed by atoms with Crippen molar-refractivity contribution in [3.63, 3.8) is 0 Å². The number of carbonyl (C=O) groups is 1. The number of anilines is 1. The van der Waals surface area contributed by atoms with Crippen molar-refractivity contribution in [3.05, 3.63) is 49.8 Å². The number of amides is 1. The van der Waals surface area contributed by atoms with Gasteiger partial charge in [0.2, 0.25) is 5.91 Å². The van der Waals surface area contributed by atoms with E-state index in [4.69, 9.17) is 11.6 Å². The van der Waals surface area contributed by atoms with Gasteiger partial charge < -0.3 is 5.32 Å². The summed E-state index contributed by atoms with van der Waals surface area (Å²) in [5.41, 5.74) is 0.374. The fourth-order valence-electron chi connectivity index (χ4n) is 2.69. The lowest BCUT2D eigenvalue weighted by Gasteiger charge is -2.39. The molecular formula is C16H16BrClFN3O2S2. The summed E-state index contributed by atoms with van der Waals surface area (Å²) >= 11 is 10.7. The molecule has 5 nitrogen and oxygen atoms in total. The van der Waals surface area contributed by atoms with Crippen molar-refractivity contribution >= 4 is 66.2 Å². The molecule has 0 bridgehead atoms. The zero-order valence-corrected chi connectivity index (χ0v) is 17.6. The van der Waals surface area contributed by atoms with Crippen LogP contribution in [0.25, 0.3) is 0 Å². The first-order valence-electron chi connectivity index (χ1n) is 7.56. The molecule has 1 fully saturated rings. The number of benzene rings is 1. The summed E-state index contributed by atoms with van der Waals surface area (Å²) in [7, 11) is -1.23. The zero-order chi connectivity index (χ0) is 19.1. The molecule has 1 amide bonds. The van der Waals surface area contributed by atoms with Gasteiger partial charge >= 0.3 is 0 Å². The third-order valence-electron chi connectivity index (χ3n) is 4.12. The van der Waals surface area contributed by atoms with Crippen molar-refractivity contribution < 1.29 is 13.4 Å². The van der Waals surface area contributed by atoms with E-state index in [-0.39, 0.29) is 17.0 Å². The Morgan fingerprint density at radius 3 is 2.85 bits per heavy atom. The average molecular weight is 481 g/mol. The Hall–Kier alpha value is -0.970. The summed E-state index contributed by atoms with van der Waals surface area (Å²) in [5.74, 6) is 2.83. The Balaban J connectivity index is 1.83. The van der Waals surface area contributed by atoms with Gasteiger partial charge in [-0.1, -0.05) is 11.6 Å². The fraction of sp³-hybridized carbons (Fsp3) is 0.250. The number of carbonyl (C=O) groups excluding carboxylic acids is 1. The van der Waals surface area contributed by atoms with E-state index >= 15 is 0 Å². The van der Waals surface area contributed by atoms with Gasteiger partial charge in [0.25, 0.3) is 0 Å². The Bertz CT molecular complexity index is 951. The lowest BCUT2D eigenvalue weighted by atomic mass is 10.1. The topological polar surface area (TPSA) is 61.4 Å². The predicted octanol–water partition coefficient (Wildman–Crippen LogP) is 3.82. The Labute approximate surface area is 168 Å². The van der Waals surface area contributed by atoms with E-state index in [1.54, 1.807) is 7.05 Å². The molecule has 140 valence electrons. The van der Waals surface area contributed by atoms with Crippen LogP contribution >= 0.6 is 38.9 Å². The van der Waals surface area contributed by atoms with Crippen LogP contribution < -0.4 is 10.0 Å². The van der Waals surface area contributed by atoms with Gasteiger partial charge in [-0.3, -0.25) is 4.79 Å². The van der Waals surface area contributed by atoms with Crippen molar-refractivity contribution in [2.45, 2.75) is 18.5 Å². The standard InChI is InChI=1S/C16H16BrClFN3O2S2/c1-22-13(16(23)20-9-3-4-11(19)10(18)7-9)8-12(21-26(22,2)24)14-5-6-15(17)25-14/h3-7,12-13H,2,8H2,1H3,(H,20,23)(H,21,24). The molecule has 1 aliphatic heterocycles. The highest BCUT2D eigenvalue weighted by Gasteiger charge is 2.38. The first kappa shape index (κ1) is 19.8. The fourth-order valence-corrected chi connectivity index (χ4v) is 5.86. The van der Waals surface area contributed by atoms with Crippen molar-refractivity contribution in [2.24, 2.45) is 0 Å². The van der Waals surface area contributed by atoms with E-state index < -0.39 is 21.8 Å². The second kappa shape index (κ2) is 7.57. The van der Waals surface area contributed by atoms with E-state index in [2.05, 4.69) is 31.8 Å². The van der Waals surface area contributed by atoms with Crippen molar-refractivity contribution in [1.82, 2.24) is 9.03 Å². The number of rotatable bonds is 3. The van der Waals surface area contributed by atoms with Gasteiger partial charge in [-0.05, 0) is 58.6 Å². The van der Waals surface area contributed by atoms with Crippen LogP contribution in [0, 0.1) is 5.82 Å². The van der Waals surface area contributed by atoms with E-state index in [1.807, 2.05) is 12.1 Å². The Morgan fingerprint density at radius 2 is 2.23 bits per heavy atom. The maximum Gasteiger partial charge on any atom is 0.242 e. The first-order valence-corrected chi connectivity index (χ1v) is 11.2. The maximum absolute atomic E-state index is 13.3. The lowest BCUT2D eigenvalue weighted by molar-refractivity contribution is -0.120. The normalized spacial score (nSPS) is 26.6. The molecule has 10 heteroatoms. The molecule has 1 aliphatic rings. The highest BCUT2D eigenvalue weighted by molar-refractivity contribution is 9.11. The van der Waals surface area contributed by atoms with E-state index in [9.17, 15) is 13.4 Å². The number of thiophene rings is 1. The van der Waals surface area contributed by atoms with Crippen LogP contribution in [0.15, 0.2) is 34.1 Å². The van der Waals surface area contributed by atoms with Gasteiger partial charge in [0.05, 0.1) is 24.7 Å². The largest absolute Gasteiger partial charge is 0.325 e. The molecule has 2 heterocycles. The van der Waals surface area contributed by atoms with Gasteiger partial charge in [-0.15, -0.1) is 11.3 Å². The number of hydrogen-bond acceptors (Lipinski definition) is 3. The van der Waals surface area contributed by atoms with Gasteiger partial charge in [-0.2, -0.15) is 0 Å². The Morgan fingerprint density at radius 1 is 1.50 bits per heavy atom. The van der Waals surface area contributed by atoms with Crippen LogP contribution in [0.2, 0.25) is 5.02 Å². The minimum Gasteiger partial charge on any atom is -0.325 e. The molecule has 1 aromatic heterocycles. The maximum atomic E-state index is 13.3. The lowest BCUT2D eigenvalue weighted by Crippen LogP contribution is -2.55. The van der Waals surface area contributed by atoms with Crippen LogP contribution in [0.1, 0.15) is 17.3 Å². The molecule has 3 unspecified atom stereocenters. The summed E-state index contributed by atoms with van der Waals surface area (Å²) in [4.78, 5) is 13.7. The molecule has 2 aromatic rings. The smallest absolute Gasteiger partial charge is 0.242 e. The molecule has 1 saturated heterocycles. The summed E-state index contributed by atoms with van der Waals surface area (Å²) in [6, 6.07) is 6.83. The molecule has 2 N–H and O–H groups in total. The van der Waals surface area contributed by atoms with Crippen molar-refractivity contribution in [1.29, 1.82) is 0 Å². The third-order valence-corrected chi connectivity index (χ3v) is 7.98. The minimum absolute atomic E-state index is 0.0799. The van der Waals surface area contributed by atoms with E-state index in [1.165, 1.54) is 33.8 Å². The second-order valence-electron chi connectivity index (χ2n) is 5.87. The number of likely N-dealkylation sites (N-methyl/N-ethyl adjacent to an activating group) is 1. The molecule has 26 heavy (non-hydrogen) atoms. The summed E-state index contributed by atoms with van der Waals surface area (Å²) in [5, 5.41) is 2.63. The van der Waals surface area contributed by atoms with E-state index in [0.717, 1.165) is 8.66 Å². The van der Waals surface area contributed by atoms with Gasteiger partial charge in [-0.25, -0.2) is 17.6 Å². The second-order valence-corrected chi connectivity index (χ2v) is 10.9. The molecule has 3 rings (SSSR count). The van der Waals surface area contributed by atoms with Gasteiger partial charge in [0, 0.05) is 17.6 Å². The van der Waals surface area contributed by atoms with E-state index in [0.29, 0.717) is 12.1 Å². The quantitative estimate of drug-likeness (QED) is 0.656. The van der Waals surface area contributed by atoms with Crippen LogP contribution in [0.5, 0.6) is 0 Å². The van der Waals surface area contributed by atoms with Gasteiger partial charge in [0.1, 0.15) is 11.9 Å². The van der Waals surface area contributed by atoms with Crippen LogP contribution in [0.3, 0.4) is 0 Å². The average Bonchev–Trinajstić information content (AvgIpc) is 2.99. The van der Waals surface area contributed by atoms with Crippen LogP contribution in [0.4, 0.5) is 10.1 Å². The zero-order valence-electron chi connectivity index (χ0n) is 13.7. The van der Waals surface area contributed by atoms with Gasteiger partial charge in [0.15, 0.2) is 0 Å². The SMILES string of the molecule is C=S1(=O)NC(c2ccc(Br)s2)CC(C(=O)Nc2ccc(F)c(Cl)c2)N1C. The molecule has 3 atom stereocenters. The molecule has 0 radical (unpaired) electrons. The molecule has 1 aromatic carbocycles. The minimum atomic E-state index is -2.82. The summed E-state index contributed by atoms with van der Waals surface area (Å²) in [6.45, 7) is 0. The molecule has 0 spiro atoms. The Kier molecular flexibility index (Phi) is 5.76. The van der Waals surface area contributed by atoms with Crippen molar-refractivity contribution in [3.8, 4) is 0 Å². The van der Waals surface area contributed by atoms with Crippen LogP contribution in [-0.2, 0) is 14.7 Å². The summed E-state index contributed by atoms with van der Waals surface area (Å²) in [6.07, 6.45) is 0.413. The number of nitrogens with one attached hydrogen (secondary N) is 2. The molecule has 0 saturated carbocycles. The molecular weight excluding hydrogens is 465 g/mol. The van der Waals surface area contributed by atoms with Crippen LogP contribution in [-0.4, -0.2) is 33.4 Å². The highest BCUT2D eigenvalue weighted by atomic mass is 79.9. The predicted molar refractivity (Wildman–Crippen MR) is 109 cm³/mol. The summed E-state index contributed by atoms with van der Waals surface area (Å²) < 4.78 is 31.5. The third kappa shape index (κ3) is 4.13. The monoisotopic (exact) mass is 479 g/mol. The highest BCUT2D eigenvalue weighted by Crippen LogP contribution is 2.34. The van der Waals surface area contributed by atoms with Crippen molar-refractivity contribution in [2.75, 3.05) is 12.4 Å². The number of hydrogen-bond donors (Lipinski definition) is 2.